The molecule has 1 N–H and O–H groups in total. The second-order valence-electron chi connectivity index (χ2n) is 7.17. The molecule has 0 spiro atoms. The highest BCUT2D eigenvalue weighted by Crippen LogP contribution is 2.32. The molecule has 1 aliphatic heterocycles. The zero-order valence-corrected chi connectivity index (χ0v) is 20.3. The fourth-order valence-corrected chi connectivity index (χ4v) is 8.13. The number of sulfonamides is 1. The van der Waals surface area contributed by atoms with Crippen molar-refractivity contribution in [3.63, 3.8) is 0 Å². The van der Waals surface area contributed by atoms with Gasteiger partial charge in [-0.15, -0.1) is 11.3 Å². The Morgan fingerprint density at radius 1 is 1.19 bits per heavy atom. The summed E-state index contributed by atoms with van der Waals surface area (Å²) in [7, 11) is -7.05. The van der Waals surface area contributed by atoms with Gasteiger partial charge in [0.15, 0.2) is 15.0 Å². The number of carbonyl (C=O) groups is 1. The molecular weight excluding hydrogens is 502 g/mol. The van der Waals surface area contributed by atoms with Gasteiger partial charge in [-0.3, -0.25) is 4.79 Å². The molecule has 1 saturated heterocycles. The minimum absolute atomic E-state index is 0.0762. The number of carbonyl (C=O) groups excluding carboxylic acids is 1. The number of aromatic nitrogens is 1. The summed E-state index contributed by atoms with van der Waals surface area (Å²) in [6.07, 6.45) is 2.26. The highest BCUT2D eigenvalue weighted by atomic mass is 35.5. The highest BCUT2D eigenvalue weighted by molar-refractivity contribution is 7.91. The van der Waals surface area contributed by atoms with Crippen molar-refractivity contribution in [1.82, 2.24) is 9.29 Å². The van der Waals surface area contributed by atoms with Crippen LogP contribution in [0.4, 0.5) is 5.13 Å². The molecule has 3 heterocycles. The topological polar surface area (TPSA) is 114 Å². The first-order valence-electron chi connectivity index (χ1n) is 9.21. The number of thiophene rings is 1. The number of halogens is 1. The fourth-order valence-electron chi connectivity index (χ4n) is 3.33. The lowest BCUT2D eigenvalue weighted by atomic mass is 9.99. The predicted octanol–water partition coefficient (Wildman–Crippen LogP) is 3.45. The molecule has 1 aromatic carbocycles. The fraction of sp³-hybridized carbons (Fsp3) is 0.333. The number of amides is 1. The Kier molecular flexibility index (Phi) is 6.14. The molecule has 0 aliphatic carbocycles. The maximum Gasteiger partial charge on any atom is 0.252 e. The number of thiazole rings is 1. The van der Waals surface area contributed by atoms with E-state index in [0.717, 1.165) is 17.6 Å². The van der Waals surface area contributed by atoms with E-state index in [1.807, 2.05) is 0 Å². The molecule has 13 heteroatoms. The van der Waals surface area contributed by atoms with Crippen molar-refractivity contribution in [3.05, 3.63) is 34.7 Å². The Morgan fingerprint density at radius 3 is 2.65 bits per heavy atom. The van der Waals surface area contributed by atoms with Crippen LogP contribution in [0.15, 0.2) is 39.4 Å². The van der Waals surface area contributed by atoms with Gasteiger partial charge >= 0.3 is 0 Å². The van der Waals surface area contributed by atoms with Gasteiger partial charge in [-0.2, -0.15) is 4.31 Å². The number of hydrogen-bond donors (Lipinski definition) is 1. The molecule has 31 heavy (non-hydrogen) atoms. The maximum atomic E-state index is 12.8. The lowest BCUT2D eigenvalue weighted by molar-refractivity contribution is -0.120. The minimum atomic E-state index is -3.70. The molecule has 2 aromatic heterocycles. The summed E-state index contributed by atoms with van der Waals surface area (Å²) >= 11 is 8.04. The summed E-state index contributed by atoms with van der Waals surface area (Å²) in [4.78, 5) is 17.3. The number of hydrogen-bond acceptors (Lipinski definition) is 8. The van der Waals surface area contributed by atoms with Crippen LogP contribution in [-0.2, 0) is 24.7 Å². The molecule has 0 bridgehead atoms. The predicted molar refractivity (Wildman–Crippen MR) is 122 cm³/mol. The van der Waals surface area contributed by atoms with Gasteiger partial charge < -0.3 is 5.32 Å². The molecule has 0 radical (unpaired) electrons. The Labute approximate surface area is 192 Å². The zero-order valence-electron chi connectivity index (χ0n) is 16.2. The van der Waals surface area contributed by atoms with Gasteiger partial charge in [0.25, 0.3) is 10.0 Å². The maximum absolute atomic E-state index is 12.8. The molecule has 1 unspecified atom stereocenters. The SMILES string of the molecule is CS(=O)(=O)c1ccc2nc(NC(=O)C3CCCN(S(=O)(=O)c4ccc(Cl)s4)C3)sc2c1. The van der Waals surface area contributed by atoms with Crippen LogP contribution in [0.2, 0.25) is 4.34 Å². The first kappa shape index (κ1) is 22.6. The minimum Gasteiger partial charge on any atom is -0.302 e. The van der Waals surface area contributed by atoms with Gasteiger partial charge in [-0.05, 0) is 43.2 Å². The van der Waals surface area contributed by atoms with Crippen LogP contribution in [0.5, 0.6) is 0 Å². The Hall–Kier alpha value is -1.57. The number of sulfone groups is 1. The Bertz CT molecular complexity index is 1360. The number of piperidine rings is 1. The number of benzene rings is 1. The number of fused-ring (bicyclic) bond motifs is 1. The molecule has 1 fully saturated rings. The summed E-state index contributed by atoms with van der Waals surface area (Å²) in [5.74, 6) is -0.830. The molecule has 0 saturated carbocycles. The van der Waals surface area contributed by atoms with Crippen molar-refractivity contribution in [3.8, 4) is 0 Å². The second-order valence-corrected chi connectivity index (χ2v) is 14.1. The third kappa shape index (κ3) is 4.78. The Balaban J connectivity index is 1.49. The standard InChI is InChI=1S/C18H18ClN3O5S4/c1-30(24,25)12-4-5-13-14(9-12)28-18(20-13)21-17(23)11-3-2-8-22(10-11)31(26,27)16-7-6-15(19)29-16/h4-7,9,11H,2-3,8,10H2,1H3,(H,20,21,23). The smallest absolute Gasteiger partial charge is 0.252 e. The number of rotatable bonds is 5. The van der Waals surface area contributed by atoms with E-state index in [1.54, 1.807) is 6.07 Å². The van der Waals surface area contributed by atoms with E-state index in [-0.39, 0.29) is 21.6 Å². The van der Waals surface area contributed by atoms with E-state index in [2.05, 4.69) is 10.3 Å². The van der Waals surface area contributed by atoms with Gasteiger partial charge in [0.05, 0.1) is 25.4 Å². The summed E-state index contributed by atoms with van der Waals surface area (Å²) in [6, 6.07) is 7.61. The summed E-state index contributed by atoms with van der Waals surface area (Å²) in [6.45, 7) is 0.420. The lowest BCUT2D eigenvalue weighted by Crippen LogP contribution is -2.43. The van der Waals surface area contributed by atoms with Crippen LogP contribution in [0.1, 0.15) is 12.8 Å². The molecular formula is C18H18ClN3O5S4. The average molecular weight is 520 g/mol. The quantitative estimate of drug-likeness (QED) is 0.552. The van der Waals surface area contributed by atoms with Gasteiger partial charge in [-0.1, -0.05) is 22.9 Å². The summed E-state index contributed by atoms with van der Waals surface area (Å²) < 4.78 is 51.7. The van der Waals surface area contributed by atoms with Crippen LogP contribution >= 0.6 is 34.3 Å². The molecule has 166 valence electrons. The van der Waals surface area contributed by atoms with Crippen molar-refractivity contribution >= 4 is 75.4 Å². The first-order chi connectivity index (χ1) is 14.5. The molecule has 1 atom stereocenters. The molecule has 1 amide bonds. The van der Waals surface area contributed by atoms with E-state index in [9.17, 15) is 21.6 Å². The zero-order chi connectivity index (χ0) is 22.4. The van der Waals surface area contributed by atoms with E-state index in [1.165, 1.54) is 39.9 Å². The largest absolute Gasteiger partial charge is 0.302 e. The van der Waals surface area contributed by atoms with E-state index in [0.29, 0.717) is 39.1 Å². The van der Waals surface area contributed by atoms with Crippen LogP contribution in [-0.4, -0.2) is 51.4 Å². The molecule has 3 aromatic rings. The number of nitrogens with zero attached hydrogens (tertiary/aromatic N) is 2. The van der Waals surface area contributed by atoms with E-state index >= 15 is 0 Å². The molecule has 4 rings (SSSR count). The van der Waals surface area contributed by atoms with Crippen molar-refractivity contribution in [2.75, 3.05) is 24.7 Å². The highest BCUT2D eigenvalue weighted by Gasteiger charge is 2.34. The normalized spacial score (nSPS) is 18.3. The van der Waals surface area contributed by atoms with Gasteiger partial charge in [0.1, 0.15) is 4.21 Å². The number of nitrogens with one attached hydrogen (secondary N) is 1. The van der Waals surface area contributed by atoms with Gasteiger partial charge in [-0.25, -0.2) is 21.8 Å². The third-order valence-electron chi connectivity index (χ3n) is 4.92. The average Bonchev–Trinajstić information content (AvgIpc) is 3.32. The van der Waals surface area contributed by atoms with Crippen molar-refractivity contribution < 1.29 is 21.6 Å². The van der Waals surface area contributed by atoms with Gasteiger partial charge in [0.2, 0.25) is 5.91 Å². The van der Waals surface area contributed by atoms with Crippen molar-refractivity contribution in [2.24, 2.45) is 5.92 Å². The van der Waals surface area contributed by atoms with Crippen LogP contribution < -0.4 is 5.32 Å². The summed E-state index contributed by atoms with van der Waals surface area (Å²) in [5.41, 5.74) is 0.579. The molecule has 1 aliphatic rings. The van der Waals surface area contributed by atoms with E-state index in [4.69, 9.17) is 11.6 Å². The number of anilines is 1. The van der Waals surface area contributed by atoms with Crippen molar-refractivity contribution in [1.29, 1.82) is 0 Å². The van der Waals surface area contributed by atoms with Crippen LogP contribution in [0, 0.1) is 5.92 Å². The van der Waals surface area contributed by atoms with Crippen molar-refractivity contribution in [2.45, 2.75) is 21.9 Å². The lowest BCUT2D eigenvalue weighted by Gasteiger charge is -2.30. The third-order valence-corrected chi connectivity index (χ3v) is 10.5. The van der Waals surface area contributed by atoms with Crippen LogP contribution in [0.3, 0.4) is 0 Å². The first-order valence-corrected chi connectivity index (χ1v) is 14.6. The summed E-state index contributed by atoms with van der Waals surface area (Å²) in [5, 5.41) is 3.10. The molecule has 8 nitrogen and oxygen atoms in total. The van der Waals surface area contributed by atoms with E-state index < -0.39 is 25.8 Å². The van der Waals surface area contributed by atoms with Gasteiger partial charge in [0, 0.05) is 19.3 Å². The monoisotopic (exact) mass is 519 g/mol. The second kappa shape index (κ2) is 8.41. The Morgan fingerprint density at radius 2 is 1.97 bits per heavy atom. The van der Waals surface area contributed by atoms with Crippen LogP contribution in [0.25, 0.3) is 10.2 Å².